The van der Waals surface area contributed by atoms with Gasteiger partial charge in [-0.15, -0.1) is 0 Å². The van der Waals surface area contributed by atoms with Crippen LogP contribution in [0.3, 0.4) is 0 Å². The number of nitrogens with one attached hydrogen (secondary N) is 1. The summed E-state index contributed by atoms with van der Waals surface area (Å²) in [5.74, 6) is -0.431. The van der Waals surface area contributed by atoms with Gasteiger partial charge in [0, 0.05) is 21.8 Å². The van der Waals surface area contributed by atoms with Gasteiger partial charge in [0.1, 0.15) is 6.54 Å². The Kier molecular flexibility index (Phi) is 5.68. The summed E-state index contributed by atoms with van der Waals surface area (Å²) >= 11 is 5.99. The Hall–Kier alpha value is -3.37. The van der Waals surface area contributed by atoms with Crippen molar-refractivity contribution in [3.05, 3.63) is 113 Å². The summed E-state index contributed by atoms with van der Waals surface area (Å²) in [5, 5.41) is 3.76. The maximum Gasteiger partial charge on any atom is 0.259 e. The van der Waals surface area contributed by atoms with Gasteiger partial charge in [0.25, 0.3) is 5.91 Å². The van der Waals surface area contributed by atoms with Gasteiger partial charge in [-0.2, -0.15) is 0 Å². The van der Waals surface area contributed by atoms with Gasteiger partial charge in [-0.25, -0.2) is 0 Å². The monoisotopic (exact) mass is 416 g/mol. The first-order valence-electron chi connectivity index (χ1n) is 9.72. The van der Waals surface area contributed by atoms with Gasteiger partial charge in [-0.05, 0) is 35.7 Å². The van der Waals surface area contributed by atoms with Gasteiger partial charge in [0.2, 0.25) is 5.91 Å². The summed E-state index contributed by atoms with van der Waals surface area (Å²) in [4.78, 5) is 27.0. The van der Waals surface area contributed by atoms with Gasteiger partial charge >= 0.3 is 0 Å². The molecule has 5 heteroatoms. The first-order chi connectivity index (χ1) is 14.5. The summed E-state index contributed by atoms with van der Waals surface area (Å²) in [5.41, 5.74) is 3.96. The molecule has 2 amide bonds. The minimum Gasteiger partial charge on any atom is -0.347 e. The van der Waals surface area contributed by atoms with Crippen molar-refractivity contribution in [2.75, 3.05) is 6.54 Å². The minimum atomic E-state index is -0.236. The molecule has 0 radical (unpaired) electrons. The molecule has 0 saturated heterocycles. The molecular formula is C25H21ClN2O2. The average Bonchev–Trinajstić information content (AvgIpc) is 3.00. The molecular weight excluding hydrogens is 396 g/mol. The van der Waals surface area contributed by atoms with Crippen molar-refractivity contribution in [1.82, 2.24) is 10.2 Å². The van der Waals surface area contributed by atoms with Gasteiger partial charge in [-0.1, -0.05) is 78.8 Å². The summed E-state index contributed by atoms with van der Waals surface area (Å²) in [6.07, 6.45) is 0.613. The topological polar surface area (TPSA) is 49.4 Å². The second-order valence-corrected chi connectivity index (χ2v) is 7.68. The lowest BCUT2D eigenvalue weighted by Crippen LogP contribution is -2.39. The zero-order valence-electron chi connectivity index (χ0n) is 16.3. The van der Waals surface area contributed by atoms with E-state index in [4.69, 9.17) is 11.6 Å². The molecule has 0 saturated carbocycles. The van der Waals surface area contributed by atoms with Gasteiger partial charge < -0.3 is 5.32 Å². The summed E-state index contributed by atoms with van der Waals surface area (Å²) in [6, 6.07) is 24.4. The average molecular weight is 417 g/mol. The second-order valence-electron chi connectivity index (χ2n) is 7.24. The number of carbonyl (C=O) groups is 2. The van der Waals surface area contributed by atoms with Crippen LogP contribution in [0.1, 0.15) is 33.1 Å². The summed E-state index contributed by atoms with van der Waals surface area (Å²) in [7, 11) is 0. The normalized spacial score (nSPS) is 13.8. The van der Waals surface area contributed by atoms with E-state index in [1.807, 2.05) is 72.8 Å². The Morgan fingerprint density at radius 3 is 2.23 bits per heavy atom. The highest BCUT2D eigenvalue weighted by Crippen LogP contribution is 2.31. The van der Waals surface area contributed by atoms with E-state index in [0.29, 0.717) is 22.7 Å². The Labute approximate surface area is 180 Å². The van der Waals surface area contributed by atoms with Crippen LogP contribution in [0.4, 0.5) is 0 Å². The molecule has 1 aliphatic heterocycles. The van der Waals surface area contributed by atoms with Crippen molar-refractivity contribution in [3.63, 3.8) is 0 Å². The largest absolute Gasteiger partial charge is 0.347 e. The molecule has 30 heavy (non-hydrogen) atoms. The molecule has 1 unspecified atom stereocenters. The van der Waals surface area contributed by atoms with E-state index in [-0.39, 0.29) is 24.4 Å². The Morgan fingerprint density at radius 1 is 0.933 bits per heavy atom. The minimum absolute atomic E-state index is 0.0731. The molecule has 1 atom stereocenters. The number of hydrogen-bond donors (Lipinski definition) is 1. The number of hydrogen-bond acceptors (Lipinski definition) is 2. The van der Waals surface area contributed by atoms with Crippen molar-refractivity contribution >= 4 is 29.1 Å². The molecule has 4 nitrogen and oxygen atoms in total. The fourth-order valence-electron chi connectivity index (χ4n) is 3.68. The number of rotatable bonds is 6. The van der Waals surface area contributed by atoms with Crippen molar-refractivity contribution < 1.29 is 9.59 Å². The molecule has 0 aliphatic carbocycles. The third-order valence-electron chi connectivity index (χ3n) is 5.23. The molecule has 0 bridgehead atoms. The van der Waals surface area contributed by atoms with Crippen molar-refractivity contribution in [1.29, 1.82) is 0 Å². The lowest BCUT2D eigenvalue weighted by Gasteiger charge is -2.22. The van der Waals surface area contributed by atoms with Crippen molar-refractivity contribution in [2.24, 2.45) is 0 Å². The quantitative estimate of drug-likeness (QED) is 0.623. The fraction of sp³-hybridized carbons (Fsp3) is 0.120. The highest BCUT2D eigenvalue weighted by Gasteiger charge is 2.32. The number of nitrogens with zero attached hydrogens (tertiary/aromatic N) is 1. The van der Waals surface area contributed by atoms with E-state index in [2.05, 4.69) is 11.9 Å². The van der Waals surface area contributed by atoms with Gasteiger partial charge in [-0.3, -0.25) is 14.5 Å². The van der Waals surface area contributed by atoms with Gasteiger partial charge in [0.15, 0.2) is 0 Å². The third kappa shape index (κ3) is 4.14. The molecule has 0 aromatic heterocycles. The molecule has 150 valence electrons. The van der Waals surface area contributed by atoms with Crippen molar-refractivity contribution in [3.8, 4) is 0 Å². The number of fused-ring (bicyclic) bond motifs is 1. The van der Waals surface area contributed by atoms with Crippen LogP contribution in [-0.2, 0) is 11.2 Å². The molecule has 0 spiro atoms. The van der Waals surface area contributed by atoms with Crippen LogP contribution in [0.25, 0.3) is 5.70 Å². The lowest BCUT2D eigenvalue weighted by atomic mass is 9.99. The summed E-state index contributed by atoms with van der Waals surface area (Å²) in [6.45, 7) is 3.93. The number of carbonyl (C=O) groups excluding carboxylic acids is 2. The molecule has 4 rings (SSSR count). The first-order valence-corrected chi connectivity index (χ1v) is 10.1. The second kappa shape index (κ2) is 8.56. The molecule has 3 aromatic carbocycles. The van der Waals surface area contributed by atoms with E-state index in [0.717, 1.165) is 16.7 Å². The number of halogens is 1. The Morgan fingerprint density at radius 2 is 1.57 bits per heavy atom. The maximum atomic E-state index is 12.9. The zero-order valence-corrected chi connectivity index (χ0v) is 17.1. The van der Waals surface area contributed by atoms with Crippen LogP contribution in [-0.4, -0.2) is 23.3 Å². The van der Waals surface area contributed by atoms with Crippen LogP contribution < -0.4 is 5.32 Å². The smallest absolute Gasteiger partial charge is 0.259 e. The van der Waals surface area contributed by atoms with E-state index in [9.17, 15) is 9.59 Å². The van der Waals surface area contributed by atoms with E-state index < -0.39 is 0 Å². The fourth-order valence-corrected chi connectivity index (χ4v) is 3.81. The molecule has 1 heterocycles. The predicted octanol–water partition coefficient (Wildman–Crippen LogP) is 4.87. The van der Waals surface area contributed by atoms with Gasteiger partial charge in [0.05, 0.1) is 6.04 Å². The van der Waals surface area contributed by atoms with Crippen LogP contribution in [0.5, 0.6) is 0 Å². The van der Waals surface area contributed by atoms with Crippen LogP contribution in [0.15, 0.2) is 85.4 Å². The van der Waals surface area contributed by atoms with Crippen LogP contribution >= 0.6 is 11.6 Å². The Balaban J connectivity index is 1.50. The molecule has 3 aromatic rings. The highest BCUT2D eigenvalue weighted by atomic mass is 35.5. The van der Waals surface area contributed by atoms with Crippen molar-refractivity contribution in [2.45, 2.75) is 12.5 Å². The number of benzene rings is 3. The predicted molar refractivity (Wildman–Crippen MR) is 119 cm³/mol. The van der Waals surface area contributed by atoms with E-state index >= 15 is 0 Å². The van der Waals surface area contributed by atoms with Crippen LogP contribution in [0, 0.1) is 0 Å². The lowest BCUT2D eigenvalue weighted by molar-refractivity contribution is -0.122. The van der Waals surface area contributed by atoms with E-state index in [1.54, 1.807) is 6.07 Å². The standard InChI is InChI=1S/C25H21ClN2O2/c1-17-21-9-5-6-10-22(21)25(30)28(17)16-24(29)27-23(19-7-3-2-4-8-19)15-18-11-13-20(26)14-12-18/h2-14,23H,1,15-16H2,(H,27,29). The number of amides is 2. The van der Waals surface area contributed by atoms with E-state index in [1.165, 1.54) is 4.90 Å². The molecule has 0 fully saturated rings. The Bertz CT molecular complexity index is 1060. The summed E-state index contributed by atoms with van der Waals surface area (Å²) < 4.78 is 0. The highest BCUT2D eigenvalue weighted by molar-refractivity contribution is 6.30. The third-order valence-corrected chi connectivity index (χ3v) is 5.48. The zero-order chi connectivity index (χ0) is 21.1. The SMILES string of the molecule is C=C1c2ccccc2C(=O)N1CC(=O)NC(Cc1ccc(Cl)cc1)c1ccccc1. The van der Waals surface area contributed by atoms with Crippen LogP contribution in [0.2, 0.25) is 5.02 Å². The first kappa shape index (κ1) is 19.9. The maximum absolute atomic E-state index is 12.9. The molecule has 1 aliphatic rings. The molecule has 1 N–H and O–H groups in total.